The van der Waals surface area contributed by atoms with E-state index in [4.69, 9.17) is 11.5 Å². The third kappa shape index (κ3) is 2.22. The minimum absolute atomic E-state index is 0. The lowest BCUT2D eigenvalue weighted by molar-refractivity contribution is 1.07. The Kier molecular flexibility index (Phi) is 3.00. The maximum atomic E-state index is 5.25. The number of nitrogens with one attached hydrogen (secondary N) is 1. The molecule has 0 saturated carbocycles. The molecule has 7 heteroatoms. The fourth-order valence-electron chi connectivity index (χ4n) is 0.521. The quantitative estimate of drug-likeness (QED) is 0.420. The highest BCUT2D eigenvalue weighted by Crippen LogP contribution is 2.00. The van der Waals surface area contributed by atoms with Gasteiger partial charge in [-0.05, 0) is 0 Å². The van der Waals surface area contributed by atoms with Gasteiger partial charge in [0.25, 0.3) is 0 Å². The first-order valence-corrected chi connectivity index (χ1v) is 2.67. The van der Waals surface area contributed by atoms with Gasteiger partial charge in [0, 0.05) is 7.05 Å². The van der Waals surface area contributed by atoms with E-state index in [2.05, 4.69) is 20.3 Å². The van der Waals surface area contributed by atoms with Crippen LogP contribution in [-0.4, -0.2) is 22.0 Å². The van der Waals surface area contributed by atoms with Crippen LogP contribution >= 0.6 is 0 Å². The van der Waals surface area contributed by atoms with E-state index in [1.165, 1.54) is 0 Å². The van der Waals surface area contributed by atoms with Gasteiger partial charge in [0.15, 0.2) is 0 Å². The molecule has 62 valence electrons. The number of nitrogen functional groups attached to an aromatic ring is 2. The van der Waals surface area contributed by atoms with Gasteiger partial charge in [-0.25, -0.2) is 0 Å². The summed E-state index contributed by atoms with van der Waals surface area (Å²) in [6.07, 6.45) is 0. The van der Waals surface area contributed by atoms with Crippen molar-refractivity contribution in [2.75, 3.05) is 23.8 Å². The number of aromatic nitrogens is 3. The van der Waals surface area contributed by atoms with E-state index in [-0.39, 0.29) is 18.0 Å². The van der Waals surface area contributed by atoms with Crippen LogP contribution in [0.2, 0.25) is 0 Å². The predicted octanol–water partition coefficient (Wildman–Crippen LogP) is -0.760. The molecule has 1 aromatic heterocycles. The van der Waals surface area contributed by atoms with E-state index in [9.17, 15) is 0 Å². The molecule has 0 aliphatic carbocycles. The van der Waals surface area contributed by atoms with Crippen molar-refractivity contribution in [1.82, 2.24) is 21.1 Å². The second-order valence-electron chi connectivity index (χ2n) is 1.63. The summed E-state index contributed by atoms with van der Waals surface area (Å²) in [5.74, 6) is 0.624. The van der Waals surface area contributed by atoms with Gasteiger partial charge in [0.2, 0.25) is 17.8 Å². The summed E-state index contributed by atoms with van der Waals surface area (Å²) >= 11 is 0. The molecular formula is C4H11N7. The second kappa shape index (κ2) is 3.52. The number of nitrogens with zero attached hydrogens (tertiary/aromatic N) is 3. The van der Waals surface area contributed by atoms with E-state index < -0.39 is 0 Å². The summed E-state index contributed by atoms with van der Waals surface area (Å²) in [6.45, 7) is 0. The molecule has 11 heavy (non-hydrogen) atoms. The van der Waals surface area contributed by atoms with Crippen LogP contribution in [0.5, 0.6) is 0 Å². The molecule has 0 amide bonds. The van der Waals surface area contributed by atoms with Crippen LogP contribution in [-0.2, 0) is 0 Å². The molecule has 0 atom stereocenters. The molecule has 0 spiro atoms. The number of hydrogen-bond acceptors (Lipinski definition) is 7. The van der Waals surface area contributed by atoms with Crippen molar-refractivity contribution in [3.8, 4) is 0 Å². The molecule has 8 N–H and O–H groups in total. The standard InChI is InChI=1S/C4H8N6.H3N/c1-7-4-9-2(5)8-3(6)10-4;/h1H3,(H5,5,6,7,8,9,10);1H3. The molecule has 7 nitrogen and oxygen atoms in total. The third-order valence-corrected chi connectivity index (χ3v) is 0.894. The molecule has 0 unspecified atom stereocenters. The van der Waals surface area contributed by atoms with Gasteiger partial charge in [0.05, 0.1) is 0 Å². The SMILES string of the molecule is CNc1nc(N)nc(N)n1.N. The Labute approximate surface area is 63.8 Å². The maximum Gasteiger partial charge on any atom is 0.229 e. The lowest BCUT2D eigenvalue weighted by Gasteiger charge is -1.98. The van der Waals surface area contributed by atoms with Crippen molar-refractivity contribution >= 4 is 17.8 Å². The summed E-state index contributed by atoms with van der Waals surface area (Å²) in [7, 11) is 1.67. The molecule has 0 aromatic carbocycles. The van der Waals surface area contributed by atoms with Crippen molar-refractivity contribution < 1.29 is 0 Å². The van der Waals surface area contributed by atoms with E-state index in [0.29, 0.717) is 5.95 Å². The topological polar surface area (TPSA) is 138 Å². The number of anilines is 3. The van der Waals surface area contributed by atoms with Crippen LogP contribution in [0.3, 0.4) is 0 Å². The highest BCUT2D eigenvalue weighted by Gasteiger charge is 1.96. The highest BCUT2D eigenvalue weighted by atomic mass is 15.2. The maximum absolute atomic E-state index is 5.25. The monoisotopic (exact) mass is 157 g/mol. The highest BCUT2D eigenvalue weighted by molar-refractivity contribution is 5.36. The van der Waals surface area contributed by atoms with Crippen LogP contribution < -0.4 is 22.9 Å². The molecule has 0 radical (unpaired) electrons. The van der Waals surface area contributed by atoms with Gasteiger partial charge in [-0.2, -0.15) is 15.0 Å². The Balaban J connectivity index is 0.000001000. The molecule has 1 rings (SSSR count). The minimum Gasteiger partial charge on any atom is -0.368 e. The molecule has 0 bridgehead atoms. The summed E-state index contributed by atoms with van der Waals surface area (Å²) in [6, 6.07) is 0. The van der Waals surface area contributed by atoms with E-state index in [1.807, 2.05) is 0 Å². The normalized spacial score (nSPS) is 8.45. The van der Waals surface area contributed by atoms with Crippen LogP contribution in [0.1, 0.15) is 0 Å². The first-order chi connectivity index (χ1) is 4.72. The molecule has 0 aliphatic heterocycles. The molecule has 1 heterocycles. The van der Waals surface area contributed by atoms with E-state index in [0.717, 1.165) is 0 Å². The largest absolute Gasteiger partial charge is 0.368 e. The van der Waals surface area contributed by atoms with Crippen molar-refractivity contribution in [1.29, 1.82) is 0 Å². The average Bonchev–Trinajstić information content (AvgIpc) is 1.85. The lowest BCUT2D eigenvalue weighted by atomic mass is 10.8. The fraction of sp³-hybridized carbons (Fsp3) is 0.250. The minimum atomic E-state index is 0. The first kappa shape index (κ1) is 9.37. The zero-order chi connectivity index (χ0) is 7.56. The summed E-state index contributed by atoms with van der Waals surface area (Å²) in [5.41, 5.74) is 10.5. The first-order valence-electron chi connectivity index (χ1n) is 2.67. The molecule has 0 saturated heterocycles. The number of hydrogen-bond donors (Lipinski definition) is 4. The van der Waals surface area contributed by atoms with Gasteiger partial charge in [-0.3, -0.25) is 0 Å². The van der Waals surface area contributed by atoms with Gasteiger partial charge < -0.3 is 22.9 Å². The van der Waals surface area contributed by atoms with Crippen molar-refractivity contribution in [2.45, 2.75) is 0 Å². The van der Waals surface area contributed by atoms with Crippen molar-refractivity contribution in [3.05, 3.63) is 0 Å². The van der Waals surface area contributed by atoms with Gasteiger partial charge in [0.1, 0.15) is 0 Å². The van der Waals surface area contributed by atoms with Gasteiger partial charge in [-0.1, -0.05) is 0 Å². The smallest absolute Gasteiger partial charge is 0.229 e. The van der Waals surface area contributed by atoms with E-state index in [1.54, 1.807) is 7.05 Å². The van der Waals surface area contributed by atoms with Crippen LogP contribution in [0.4, 0.5) is 17.8 Å². The summed E-state index contributed by atoms with van der Waals surface area (Å²) in [4.78, 5) is 11.0. The van der Waals surface area contributed by atoms with Crippen LogP contribution in [0.25, 0.3) is 0 Å². The summed E-state index contributed by atoms with van der Waals surface area (Å²) < 4.78 is 0. The average molecular weight is 157 g/mol. The zero-order valence-electron chi connectivity index (χ0n) is 6.20. The molecule has 0 aliphatic rings. The van der Waals surface area contributed by atoms with Crippen molar-refractivity contribution in [3.63, 3.8) is 0 Å². The Morgan fingerprint density at radius 2 is 1.55 bits per heavy atom. The molecular weight excluding hydrogens is 146 g/mol. The lowest BCUT2D eigenvalue weighted by Crippen LogP contribution is -2.06. The predicted molar refractivity (Wildman–Crippen MR) is 43.2 cm³/mol. The fourth-order valence-corrected chi connectivity index (χ4v) is 0.521. The van der Waals surface area contributed by atoms with Crippen LogP contribution in [0, 0.1) is 0 Å². The van der Waals surface area contributed by atoms with Crippen LogP contribution in [0.15, 0.2) is 0 Å². The zero-order valence-corrected chi connectivity index (χ0v) is 6.20. The van der Waals surface area contributed by atoms with Crippen molar-refractivity contribution in [2.24, 2.45) is 0 Å². The van der Waals surface area contributed by atoms with Gasteiger partial charge in [-0.15, -0.1) is 0 Å². The summed E-state index contributed by atoms with van der Waals surface area (Å²) in [5, 5.41) is 2.69. The Hall–Kier alpha value is -1.63. The second-order valence-corrected chi connectivity index (χ2v) is 1.63. The molecule has 0 fully saturated rings. The Bertz CT molecular complexity index is 214. The number of rotatable bonds is 1. The van der Waals surface area contributed by atoms with E-state index >= 15 is 0 Å². The van der Waals surface area contributed by atoms with Gasteiger partial charge >= 0.3 is 0 Å². The molecule has 1 aromatic rings. The third-order valence-electron chi connectivity index (χ3n) is 0.894. The Morgan fingerprint density at radius 1 is 1.09 bits per heavy atom. The number of nitrogens with two attached hydrogens (primary N) is 2. The Morgan fingerprint density at radius 3 is 1.91 bits per heavy atom.